The van der Waals surface area contributed by atoms with Crippen molar-refractivity contribution in [1.29, 1.82) is 0 Å². The molecule has 0 fully saturated rings. The molecule has 1 aliphatic heterocycles. The van der Waals surface area contributed by atoms with E-state index in [2.05, 4.69) is 9.44 Å². The number of hydrogen-bond acceptors (Lipinski definition) is 6. The van der Waals surface area contributed by atoms with Gasteiger partial charge >= 0.3 is 0 Å². The molecule has 1 heterocycles. The van der Waals surface area contributed by atoms with E-state index >= 15 is 0 Å². The first-order chi connectivity index (χ1) is 14.6. The lowest BCUT2D eigenvalue weighted by molar-refractivity contribution is 0.356. The summed E-state index contributed by atoms with van der Waals surface area (Å²) in [4.78, 5) is -0.271. The monoisotopic (exact) mass is 480 g/mol. The number of aromatic hydroxyl groups is 1. The van der Waals surface area contributed by atoms with Crippen molar-refractivity contribution in [1.82, 2.24) is 0 Å². The molecule has 3 N–H and O–H groups in total. The fourth-order valence-electron chi connectivity index (χ4n) is 3.06. The Kier molecular flexibility index (Phi) is 5.46. The van der Waals surface area contributed by atoms with Gasteiger partial charge in [-0.05, 0) is 60.2 Å². The second-order valence-corrected chi connectivity index (χ2v) is 10.6. The van der Waals surface area contributed by atoms with E-state index in [9.17, 15) is 21.9 Å². The van der Waals surface area contributed by atoms with Crippen LogP contribution in [0.4, 0.5) is 11.4 Å². The molecule has 3 aromatic carbocycles. The van der Waals surface area contributed by atoms with E-state index in [1.807, 2.05) is 0 Å². The number of ether oxygens (including phenoxy) is 1. The molecule has 8 nitrogen and oxygen atoms in total. The topological polar surface area (TPSA) is 122 Å². The number of fused-ring (bicyclic) bond motifs is 1. The fraction of sp³-hybridized carbons (Fsp3) is 0.100. The van der Waals surface area contributed by atoms with Crippen molar-refractivity contribution >= 4 is 43.0 Å². The summed E-state index contributed by atoms with van der Waals surface area (Å²) in [5.41, 5.74) is 0.725. The maximum atomic E-state index is 12.8. The van der Waals surface area contributed by atoms with Crippen molar-refractivity contribution in [3.8, 4) is 11.5 Å². The molecule has 1 aliphatic rings. The van der Waals surface area contributed by atoms with E-state index in [0.717, 1.165) is 23.8 Å². The fourth-order valence-corrected chi connectivity index (χ4v) is 5.44. The molecular weight excluding hydrogens is 464 g/mol. The Morgan fingerprint density at radius 1 is 0.871 bits per heavy atom. The number of nitrogens with one attached hydrogen (secondary N) is 2. The molecule has 4 rings (SSSR count). The van der Waals surface area contributed by atoms with Gasteiger partial charge in [0.15, 0.2) is 0 Å². The predicted molar refractivity (Wildman–Crippen MR) is 117 cm³/mol. The third-order valence-corrected chi connectivity index (χ3v) is 7.55. The van der Waals surface area contributed by atoms with Gasteiger partial charge in [-0.15, -0.1) is 0 Å². The van der Waals surface area contributed by atoms with Gasteiger partial charge in [-0.1, -0.05) is 17.7 Å². The third kappa shape index (κ3) is 4.55. The number of rotatable bonds is 6. The first-order valence-corrected chi connectivity index (χ1v) is 12.4. The van der Waals surface area contributed by atoms with Gasteiger partial charge in [-0.3, -0.25) is 9.44 Å². The summed E-state index contributed by atoms with van der Waals surface area (Å²) < 4.78 is 61.0. The van der Waals surface area contributed by atoms with Crippen molar-refractivity contribution in [2.24, 2.45) is 0 Å². The Balaban J connectivity index is 1.63. The number of anilines is 2. The highest BCUT2D eigenvalue weighted by Gasteiger charge is 2.22. The van der Waals surface area contributed by atoms with Crippen LogP contribution in [0.25, 0.3) is 0 Å². The van der Waals surface area contributed by atoms with Crippen LogP contribution in [0.1, 0.15) is 5.56 Å². The molecule has 11 heteroatoms. The lowest BCUT2D eigenvalue weighted by atomic mass is 10.2. The first kappa shape index (κ1) is 21.3. The minimum absolute atomic E-state index is 0.0264. The standard InChI is InChI=1S/C20H17ClN2O6S2/c21-14-2-1-3-15(11-14)22-30(25,26)17-4-6-19(24)18(12-17)23-31(27,28)16-5-7-20-13(10-16)8-9-29-20/h1-7,10-12,22-24H,8-9H2. The summed E-state index contributed by atoms with van der Waals surface area (Å²) in [5.74, 6) is 0.205. The number of halogens is 1. The van der Waals surface area contributed by atoms with Crippen LogP contribution in [-0.2, 0) is 26.5 Å². The molecule has 0 unspecified atom stereocenters. The van der Waals surface area contributed by atoms with E-state index in [-0.39, 0.29) is 21.2 Å². The van der Waals surface area contributed by atoms with Crippen LogP contribution in [0.2, 0.25) is 5.02 Å². The Bertz CT molecular complexity index is 1370. The van der Waals surface area contributed by atoms with Gasteiger partial charge in [0, 0.05) is 11.4 Å². The van der Waals surface area contributed by atoms with Crippen LogP contribution in [0.3, 0.4) is 0 Å². The zero-order valence-corrected chi connectivity index (χ0v) is 18.3. The molecule has 0 radical (unpaired) electrons. The van der Waals surface area contributed by atoms with E-state index in [0.29, 0.717) is 23.8 Å². The van der Waals surface area contributed by atoms with Crippen LogP contribution < -0.4 is 14.2 Å². The zero-order chi connectivity index (χ0) is 22.2. The molecule has 0 saturated heterocycles. The smallest absolute Gasteiger partial charge is 0.262 e. The third-order valence-electron chi connectivity index (χ3n) is 4.57. The molecular formula is C20H17ClN2O6S2. The summed E-state index contributed by atoms with van der Waals surface area (Å²) in [6.07, 6.45) is 0.590. The molecule has 0 amide bonds. The summed E-state index contributed by atoms with van der Waals surface area (Å²) in [6, 6.07) is 13.9. The summed E-state index contributed by atoms with van der Waals surface area (Å²) >= 11 is 5.88. The predicted octanol–water partition coefficient (Wildman–Crippen LogP) is 3.58. The largest absolute Gasteiger partial charge is 0.506 e. The summed E-state index contributed by atoms with van der Waals surface area (Å²) in [6.45, 7) is 0.479. The second-order valence-electron chi connectivity index (χ2n) is 6.77. The van der Waals surface area contributed by atoms with Gasteiger partial charge in [-0.25, -0.2) is 16.8 Å². The number of benzene rings is 3. The number of sulfonamides is 2. The molecule has 31 heavy (non-hydrogen) atoms. The van der Waals surface area contributed by atoms with Crippen LogP contribution >= 0.6 is 11.6 Å². The maximum Gasteiger partial charge on any atom is 0.262 e. The highest BCUT2D eigenvalue weighted by molar-refractivity contribution is 7.93. The Morgan fingerprint density at radius 2 is 1.58 bits per heavy atom. The highest BCUT2D eigenvalue weighted by Crippen LogP contribution is 2.32. The van der Waals surface area contributed by atoms with Gasteiger partial charge in [0.2, 0.25) is 0 Å². The molecule has 162 valence electrons. The van der Waals surface area contributed by atoms with Crippen molar-refractivity contribution in [3.05, 3.63) is 71.2 Å². The molecule has 3 aromatic rings. The van der Waals surface area contributed by atoms with Crippen molar-refractivity contribution in [2.75, 3.05) is 16.1 Å². The molecule has 0 spiro atoms. The van der Waals surface area contributed by atoms with E-state index < -0.39 is 25.8 Å². The Hall–Kier alpha value is -2.95. The summed E-state index contributed by atoms with van der Waals surface area (Å²) in [7, 11) is -8.15. The van der Waals surface area contributed by atoms with Crippen LogP contribution in [0.15, 0.2) is 70.5 Å². The normalized spacial score (nSPS) is 13.3. The lowest BCUT2D eigenvalue weighted by Crippen LogP contribution is -2.16. The molecule has 0 atom stereocenters. The van der Waals surface area contributed by atoms with Crippen molar-refractivity contribution in [3.63, 3.8) is 0 Å². The van der Waals surface area contributed by atoms with Crippen LogP contribution in [0.5, 0.6) is 11.5 Å². The minimum Gasteiger partial charge on any atom is -0.506 e. The number of phenolic OH excluding ortho intramolecular Hbond substituents is 1. The van der Waals surface area contributed by atoms with Gasteiger partial charge in [0.1, 0.15) is 11.5 Å². The van der Waals surface area contributed by atoms with Gasteiger partial charge in [0.25, 0.3) is 20.0 Å². The number of phenols is 1. The van der Waals surface area contributed by atoms with Gasteiger partial charge in [0.05, 0.1) is 27.8 Å². The highest BCUT2D eigenvalue weighted by atomic mass is 35.5. The van der Waals surface area contributed by atoms with Crippen molar-refractivity contribution in [2.45, 2.75) is 16.2 Å². The van der Waals surface area contributed by atoms with Gasteiger partial charge < -0.3 is 9.84 Å². The number of hydrogen-bond donors (Lipinski definition) is 3. The molecule has 0 aliphatic carbocycles. The van der Waals surface area contributed by atoms with Crippen LogP contribution in [-0.4, -0.2) is 28.5 Å². The summed E-state index contributed by atoms with van der Waals surface area (Å²) in [5, 5.41) is 10.5. The molecule has 0 aromatic heterocycles. The minimum atomic E-state index is -4.08. The Labute approximate surface area is 184 Å². The SMILES string of the molecule is O=S(=O)(Nc1cccc(Cl)c1)c1ccc(O)c(NS(=O)(=O)c2ccc3c(c2)CCO3)c1. The van der Waals surface area contributed by atoms with Crippen molar-refractivity contribution < 1.29 is 26.7 Å². The molecule has 0 bridgehead atoms. The lowest BCUT2D eigenvalue weighted by Gasteiger charge is -2.13. The quantitative estimate of drug-likeness (QED) is 0.463. The first-order valence-electron chi connectivity index (χ1n) is 9.04. The maximum absolute atomic E-state index is 12.8. The van der Waals surface area contributed by atoms with E-state index in [1.165, 1.54) is 24.3 Å². The Morgan fingerprint density at radius 3 is 2.35 bits per heavy atom. The zero-order valence-electron chi connectivity index (χ0n) is 15.9. The molecule has 0 saturated carbocycles. The van der Waals surface area contributed by atoms with Gasteiger partial charge in [-0.2, -0.15) is 0 Å². The van der Waals surface area contributed by atoms with E-state index in [1.54, 1.807) is 18.2 Å². The average Bonchev–Trinajstić information content (AvgIpc) is 3.17. The van der Waals surface area contributed by atoms with E-state index in [4.69, 9.17) is 16.3 Å². The van der Waals surface area contributed by atoms with Crippen LogP contribution in [0, 0.1) is 0 Å². The average molecular weight is 481 g/mol. The second kappa shape index (κ2) is 7.95.